The van der Waals surface area contributed by atoms with Crippen LogP contribution >= 0.6 is 7.82 Å². The SMILES string of the molecule is CC(=O)[O-].O=P([O-])(O)O.[K+].[Na+].[Na+].[OH-]. The Labute approximate surface area is 162 Å². The molecular weight excluding hydrogens is 252 g/mol. The molecule has 13 heavy (non-hydrogen) atoms. The zero-order valence-corrected chi connectivity index (χ0v) is 15.9. The molecule has 0 aliphatic heterocycles. The maximum atomic E-state index is 8.89. The van der Waals surface area contributed by atoms with E-state index in [4.69, 9.17) is 29.1 Å². The summed E-state index contributed by atoms with van der Waals surface area (Å²) in [5.41, 5.74) is 0. The van der Waals surface area contributed by atoms with E-state index in [1.54, 1.807) is 0 Å². The number of rotatable bonds is 0. The van der Waals surface area contributed by atoms with Crippen molar-refractivity contribution in [3.05, 3.63) is 0 Å². The van der Waals surface area contributed by atoms with Gasteiger partial charge in [0.05, 0.1) is 0 Å². The van der Waals surface area contributed by atoms with Gasteiger partial charge in [0.2, 0.25) is 0 Å². The summed E-state index contributed by atoms with van der Waals surface area (Å²) in [7, 11) is -4.89. The van der Waals surface area contributed by atoms with Gasteiger partial charge in [-0.25, -0.2) is 0 Å². The van der Waals surface area contributed by atoms with Crippen molar-refractivity contribution < 1.29 is 145 Å². The summed E-state index contributed by atoms with van der Waals surface area (Å²) in [6.07, 6.45) is 0. The van der Waals surface area contributed by atoms with Gasteiger partial charge < -0.3 is 30.1 Å². The number of carbonyl (C=O) groups excluding carboxylic acids is 1. The first-order valence-electron chi connectivity index (χ1n) is 1.67. The molecule has 0 spiro atoms. The number of carbonyl (C=O) groups is 1. The molecule has 0 unspecified atom stereocenters. The number of aliphatic carboxylic acids is 1. The summed E-state index contributed by atoms with van der Waals surface area (Å²) in [6, 6.07) is 0. The molecule has 0 amide bonds. The van der Waals surface area contributed by atoms with Crippen molar-refractivity contribution in [3.63, 3.8) is 0 Å². The van der Waals surface area contributed by atoms with E-state index in [0.717, 1.165) is 6.92 Å². The normalized spacial score (nSPS) is 6.46. The van der Waals surface area contributed by atoms with Crippen LogP contribution in [0.5, 0.6) is 0 Å². The summed E-state index contributed by atoms with van der Waals surface area (Å²) < 4.78 is 8.77. The minimum Gasteiger partial charge on any atom is -0.870 e. The Morgan fingerprint density at radius 2 is 1.31 bits per heavy atom. The van der Waals surface area contributed by atoms with Crippen molar-refractivity contribution >= 4 is 13.8 Å². The molecule has 0 aromatic heterocycles. The zero-order chi connectivity index (χ0) is 8.08. The molecule has 0 aromatic carbocycles. The van der Waals surface area contributed by atoms with E-state index in [1.165, 1.54) is 0 Å². The van der Waals surface area contributed by atoms with Crippen LogP contribution in [0.1, 0.15) is 6.92 Å². The molecule has 0 bridgehead atoms. The molecule has 11 heteroatoms. The number of phosphoric acid groups is 1. The largest absolute Gasteiger partial charge is 1.00 e. The predicted octanol–water partition coefficient (Wildman–Crippen LogP) is -12.0. The van der Waals surface area contributed by atoms with E-state index in [-0.39, 0.29) is 116 Å². The van der Waals surface area contributed by atoms with Gasteiger partial charge in [0, 0.05) is 5.97 Å². The average molecular weight is 258 g/mol. The number of hydrogen-bond donors (Lipinski definition) is 2. The molecule has 64 valence electrons. The van der Waals surface area contributed by atoms with E-state index in [2.05, 4.69) is 0 Å². The standard InChI is InChI=1S/C2H4O2.K.2Na.H3O4P.H2O/c1-2(3)4;;;;1-5(2,3)4;/h1H3,(H,3,4);;;;(H3,1,2,3,4);1H2/q;3*+1;;/p-3. The first kappa shape index (κ1) is 36.0. The van der Waals surface area contributed by atoms with Crippen LogP contribution in [-0.2, 0) is 9.36 Å². The third-order valence-electron chi connectivity index (χ3n) is 0. The molecule has 7 nitrogen and oxygen atoms in total. The van der Waals surface area contributed by atoms with Crippen LogP contribution < -0.4 is 120 Å². The number of carboxylic acids is 1. The fraction of sp³-hybridized carbons (Fsp3) is 0.500. The van der Waals surface area contributed by atoms with Gasteiger partial charge in [-0.3, -0.25) is 4.57 Å². The summed E-state index contributed by atoms with van der Waals surface area (Å²) in [6.45, 7) is 0.972. The Kier molecular flexibility index (Phi) is 56.9. The summed E-state index contributed by atoms with van der Waals surface area (Å²) in [5, 5.41) is 8.89. The van der Waals surface area contributed by atoms with Gasteiger partial charge in [-0.1, -0.05) is 0 Å². The number of hydrogen-bond acceptors (Lipinski definition) is 5. The zero-order valence-electron chi connectivity index (χ0n) is 7.92. The van der Waals surface area contributed by atoms with Crippen LogP contribution in [0.3, 0.4) is 0 Å². The Bertz CT molecular complexity index is 124. The van der Waals surface area contributed by atoms with Crippen molar-refractivity contribution in [1.29, 1.82) is 0 Å². The van der Waals surface area contributed by atoms with Gasteiger partial charge in [-0.2, -0.15) is 0 Å². The summed E-state index contributed by atoms with van der Waals surface area (Å²) in [4.78, 5) is 31.8. The van der Waals surface area contributed by atoms with Crippen LogP contribution in [0, 0.1) is 0 Å². The summed E-state index contributed by atoms with van der Waals surface area (Å²) >= 11 is 0. The first-order chi connectivity index (χ1) is 3.73. The van der Waals surface area contributed by atoms with E-state index in [0.29, 0.717) is 0 Å². The molecule has 0 saturated heterocycles. The molecule has 0 aromatic rings. The third-order valence-corrected chi connectivity index (χ3v) is 0. The van der Waals surface area contributed by atoms with Gasteiger partial charge in [0.25, 0.3) is 7.82 Å². The minimum absolute atomic E-state index is 0. The molecule has 0 saturated carbocycles. The van der Waals surface area contributed by atoms with E-state index < -0.39 is 13.8 Å². The Morgan fingerprint density at radius 1 is 1.31 bits per heavy atom. The van der Waals surface area contributed by atoms with Gasteiger partial charge in [-0.15, -0.1) is 0 Å². The van der Waals surface area contributed by atoms with Crippen LogP contribution in [0.25, 0.3) is 0 Å². The minimum atomic E-state index is -4.89. The maximum absolute atomic E-state index is 8.89. The maximum Gasteiger partial charge on any atom is 1.00 e. The third kappa shape index (κ3) is 261. The predicted molar refractivity (Wildman–Crippen MR) is 24.7 cm³/mol. The van der Waals surface area contributed by atoms with E-state index in [9.17, 15) is 0 Å². The molecular formula is C2H6KNa2O7P. The van der Waals surface area contributed by atoms with Gasteiger partial charge in [0.1, 0.15) is 0 Å². The molecule has 0 aliphatic rings. The second kappa shape index (κ2) is 20.6. The van der Waals surface area contributed by atoms with Crippen molar-refractivity contribution in [1.82, 2.24) is 0 Å². The molecule has 0 atom stereocenters. The van der Waals surface area contributed by atoms with E-state index >= 15 is 0 Å². The van der Waals surface area contributed by atoms with Crippen LogP contribution in [0.15, 0.2) is 0 Å². The molecule has 0 fully saturated rings. The topological polar surface area (TPSA) is 151 Å². The van der Waals surface area contributed by atoms with Crippen LogP contribution in [0.4, 0.5) is 0 Å². The molecule has 0 radical (unpaired) electrons. The van der Waals surface area contributed by atoms with Gasteiger partial charge in [0.15, 0.2) is 0 Å². The Morgan fingerprint density at radius 3 is 1.31 bits per heavy atom. The second-order valence-electron chi connectivity index (χ2n) is 0.982. The quantitative estimate of drug-likeness (QED) is 0.323. The van der Waals surface area contributed by atoms with Crippen molar-refractivity contribution in [2.45, 2.75) is 6.92 Å². The van der Waals surface area contributed by atoms with Crippen molar-refractivity contribution in [2.24, 2.45) is 0 Å². The van der Waals surface area contributed by atoms with Crippen LogP contribution in [0.2, 0.25) is 0 Å². The first-order valence-corrected chi connectivity index (χ1v) is 3.20. The Hall–Kier alpha value is 3.18. The fourth-order valence-corrected chi connectivity index (χ4v) is 0. The Balaban J connectivity index is -0.0000000146. The fourth-order valence-electron chi connectivity index (χ4n) is 0. The molecule has 3 N–H and O–H groups in total. The van der Waals surface area contributed by atoms with Gasteiger partial charge in [-0.05, 0) is 6.92 Å². The molecule has 0 aliphatic carbocycles. The smallest absolute Gasteiger partial charge is 0.870 e. The molecule has 0 heterocycles. The van der Waals surface area contributed by atoms with Crippen molar-refractivity contribution in [3.8, 4) is 0 Å². The average Bonchev–Trinajstić information content (AvgIpc) is 1.19. The monoisotopic (exact) mass is 258 g/mol. The van der Waals surface area contributed by atoms with Gasteiger partial charge >= 0.3 is 110 Å². The number of carboxylic acid groups (broad SMARTS) is 1. The summed E-state index contributed by atoms with van der Waals surface area (Å²) in [5.74, 6) is -1.08. The van der Waals surface area contributed by atoms with Crippen LogP contribution in [-0.4, -0.2) is 21.2 Å². The second-order valence-corrected chi connectivity index (χ2v) is 1.96. The van der Waals surface area contributed by atoms with Crippen molar-refractivity contribution in [2.75, 3.05) is 0 Å². The molecule has 0 rings (SSSR count). The van der Waals surface area contributed by atoms with E-state index in [1.807, 2.05) is 0 Å².